The Balaban J connectivity index is 2.51. The van der Waals surface area contributed by atoms with Crippen molar-refractivity contribution in [3.8, 4) is 0 Å². The maximum atomic E-state index is 5.74. The van der Waals surface area contributed by atoms with Gasteiger partial charge >= 0.3 is 0 Å². The molecule has 0 unspecified atom stereocenters. The van der Waals surface area contributed by atoms with E-state index in [9.17, 15) is 0 Å². The molecule has 1 atom stereocenters. The van der Waals surface area contributed by atoms with Gasteiger partial charge in [-0.25, -0.2) is 0 Å². The van der Waals surface area contributed by atoms with Gasteiger partial charge in [0.05, 0.1) is 12.2 Å². The Hall–Kier alpha value is -0.0800. The van der Waals surface area contributed by atoms with Crippen molar-refractivity contribution in [2.75, 3.05) is 6.61 Å². The van der Waals surface area contributed by atoms with Gasteiger partial charge in [-0.1, -0.05) is 13.8 Å². The van der Waals surface area contributed by atoms with Crippen LogP contribution in [0.2, 0.25) is 0 Å². The van der Waals surface area contributed by atoms with Crippen molar-refractivity contribution in [2.24, 2.45) is 5.73 Å². The predicted molar refractivity (Wildman–Crippen MR) is 41.9 cm³/mol. The van der Waals surface area contributed by atoms with E-state index in [2.05, 4.69) is 13.8 Å². The Morgan fingerprint density at radius 2 is 2.10 bits per heavy atom. The van der Waals surface area contributed by atoms with E-state index in [1.165, 1.54) is 0 Å². The zero-order valence-electron chi connectivity index (χ0n) is 6.89. The van der Waals surface area contributed by atoms with Crippen molar-refractivity contribution in [2.45, 2.75) is 44.8 Å². The van der Waals surface area contributed by atoms with Gasteiger partial charge in [-0.2, -0.15) is 0 Å². The summed E-state index contributed by atoms with van der Waals surface area (Å²) < 4.78 is 5.63. The number of nitrogens with two attached hydrogens (primary N) is 1. The monoisotopic (exact) mass is 143 g/mol. The SMILES string of the molecule is CCC1(CC)C[C@@H](N)CO1. The lowest BCUT2D eigenvalue weighted by Gasteiger charge is -2.24. The zero-order chi connectivity index (χ0) is 7.61. The summed E-state index contributed by atoms with van der Waals surface area (Å²) in [6.07, 6.45) is 3.23. The summed E-state index contributed by atoms with van der Waals surface area (Å²) in [6.45, 7) is 5.09. The largest absolute Gasteiger partial charge is 0.373 e. The smallest absolute Gasteiger partial charge is 0.0693 e. The molecule has 1 aliphatic heterocycles. The van der Waals surface area contributed by atoms with Gasteiger partial charge in [-0.3, -0.25) is 0 Å². The van der Waals surface area contributed by atoms with E-state index in [1.807, 2.05) is 0 Å². The van der Waals surface area contributed by atoms with E-state index < -0.39 is 0 Å². The van der Waals surface area contributed by atoms with Crippen LogP contribution in [0.3, 0.4) is 0 Å². The molecule has 0 radical (unpaired) electrons. The summed E-state index contributed by atoms with van der Waals surface area (Å²) in [6, 6.07) is 0.278. The molecule has 0 aromatic heterocycles. The molecule has 0 aliphatic carbocycles. The van der Waals surface area contributed by atoms with Gasteiger partial charge in [0.1, 0.15) is 0 Å². The van der Waals surface area contributed by atoms with E-state index in [4.69, 9.17) is 10.5 Å². The van der Waals surface area contributed by atoms with Crippen LogP contribution >= 0.6 is 0 Å². The molecule has 1 aliphatic rings. The van der Waals surface area contributed by atoms with Gasteiger partial charge in [-0.15, -0.1) is 0 Å². The van der Waals surface area contributed by atoms with Crippen LogP contribution in [0.4, 0.5) is 0 Å². The van der Waals surface area contributed by atoms with Crippen molar-refractivity contribution < 1.29 is 4.74 Å². The number of hydrogen-bond donors (Lipinski definition) is 1. The molecule has 2 nitrogen and oxygen atoms in total. The second-order valence-electron chi connectivity index (χ2n) is 3.17. The first-order valence-corrected chi connectivity index (χ1v) is 4.12. The van der Waals surface area contributed by atoms with Crippen LogP contribution in [0, 0.1) is 0 Å². The lowest BCUT2D eigenvalue weighted by Crippen LogP contribution is -2.27. The van der Waals surface area contributed by atoms with Crippen LogP contribution in [0.1, 0.15) is 33.1 Å². The molecule has 1 saturated heterocycles. The minimum atomic E-state index is 0.124. The van der Waals surface area contributed by atoms with Crippen molar-refractivity contribution in [3.05, 3.63) is 0 Å². The fourth-order valence-electron chi connectivity index (χ4n) is 1.62. The van der Waals surface area contributed by atoms with Crippen LogP contribution in [-0.4, -0.2) is 18.2 Å². The van der Waals surface area contributed by atoms with Gasteiger partial charge in [-0.05, 0) is 19.3 Å². The Morgan fingerprint density at radius 1 is 1.50 bits per heavy atom. The van der Waals surface area contributed by atoms with Crippen molar-refractivity contribution >= 4 is 0 Å². The molecule has 2 N–H and O–H groups in total. The van der Waals surface area contributed by atoms with Crippen LogP contribution < -0.4 is 5.73 Å². The third-order valence-corrected chi connectivity index (χ3v) is 2.53. The van der Waals surface area contributed by atoms with E-state index >= 15 is 0 Å². The highest BCUT2D eigenvalue weighted by molar-refractivity contribution is 4.88. The Labute approximate surface area is 62.7 Å². The van der Waals surface area contributed by atoms with Gasteiger partial charge in [0.2, 0.25) is 0 Å². The molecule has 60 valence electrons. The molecule has 1 fully saturated rings. The number of ether oxygens (including phenoxy) is 1. The van der Waals surface area contributed by atoms with Crippen LogP contribution in [0.15, 0.2) is 0 Å². The maximum Gasteiger partial charge on any atom is 0.0693 e. The molecule has 1 heterocycles. The van der Waals surface area contributed by atoms with E-state index in [-0.39, 0.29) is 11.6 Å². The zero-order valence-corrected chi connectivity index (χ0v) is 6.89. The lowest BCUT2D eigenvalue weighted by atomic mass is 9.93. The fourth-order valence-corrected chi connectivity index (χ4v) is 1.62. The molecule has 1 rings (SSSR count). The van der Waals surface area contributed by atoms with Crippen molar-refractivity contribution in [1.29, 1.82) is 0 Å². The summed E-state index contributed by atoms with van der Waals surface area (Å²) in [5, 5.41) is 0. The summed E-state index contributed by atoms with van der Waals surface area (Å²) in [7, 11) is 0. The first-order chi connectivity index (χ1) is 4.72. The number of rotatable bonds is 2. The molecule has 10 heavy (non-hydrogen) atoms. The first-order valence-electron chi connectivity index (χ1n) is 4.12. The topological polar surface area (TPSA) is 35.2 Å². The minimum absolute atomic E-state index is 0.124. The standard InChI is InChI=1S/C8H17NO/c1-3-8(4-2)5-7(9)6-10-8/h7H,3-6,9H2,1-2H3/t7-/m1/s1. The van der Waals surface area contributed by atoms with E-state index in [0.29, 0.717) is 0 Å². The quantitative estimate of drug-likeness (QED) is 0.632. The summed E-state index contributed by atoms with van der Waals surface area (Å²) in [5.74, 6) is 0. The van der Waals surface area contributed by atoms with E-state index in [0.717, 1.165) is 25.9 Å². The van der Waals surface area contributed by atoms with Gasteiger partial charge < -0.3 is 10.5 Å². The molecule has 0 saturated carbocycles. The average Bonchev–Trinajstić information content (AvgIpc) is 2.33. The number of hydrogen-bond acceptors (Lipinski definition) is 2. The Kier molecular flexibility index (Phi) is 2.32. The van der Waals surface area contributed by atoms with Gasteiger partial charge in [0.25, 0.3) is 0 Å². The molecule has 0 amide bonds. The summed E-state index contributed by atoms with van der Waals surface area (Å²) >= 11 is 0. The first kappa shape index (κ1) is 8.02. The Bertz CT molecular complexity index is 110. The van der Waals surface area contributed by atoms with Gasteiger partial charge in [0, 0.05) is 6.04 Å². The third kappa shape index (κ3) is 1.32. The van der Waals surface area contributed by atoms with Gasteiger partial charge in [0.15, 0.2) is 0 Å². The second-order valence-corrected chi connectivity index (χ2v) is 3.17. The van der Waals surface area contributed by atoms with Crippen molar-refractivity contribution in [3.63, 3.8) is 0 Å². The molecular weight excluding hydrogens is 126 g/mol. The maximum absolute atomic E-state index is 5.74. The molecular formula is C8H17NO. The molecule has 0 aromatic carbocycles. The normalized spacial score (nSPS) is 30.9. The summed E-state index contributed by atoms with van der Waals surface area (Å²) in [4.78, 5) is 0. The summed E-state index contributed by atoms with van der Waals surface area (Å²) in [5.41, 5.74) is 5.86. The molecule has 0 spiro atoms. The molecule has 2 heteroatoms. The molecule has 0 aromatic rings. The third-order valence-electron chi connectivity index (χ3n) is 2.53. The highest BCUT2D eigenvalue weighted by atomic mass is 16.5. The Morgan fingerprint density at radius 3 is 2.30 bits per heavy atom. The predicted octanol–water partition coefficient (Wildman–Crippen LogP) is 1.29. The van der Waals surface area contributed by atoms with E-state index in [1.54, 1.807) is 0 Å². The highest BCUT2D eigenvalue weighted by Crippen LogP contribution is 2.31. The molecule has 0 bridgehead atoms. The average molecular weight is 143 g/mol. The second kappa shape index (κ2) is 2.89. The lowest BCUT2D eigenvalue weighted by molar-refractivity contribution is -0.00218. The van der Waals surface area contributed by atoms with Crippen LogP contribution in [-0.2, 0) is 4.74 Å². The highest BCUT2D eigenvalue weighted by Gasteiger charge is 2.35. The fraction of sp³-hybridized carbons (Fsp3) is 1.00. The van der Waals surface area contributed by atoms with Crippen LogP contribution in [0.25, 0.3) is 0 Å². The minimum Gasteiger partial charge on any atom is -0.373 e. The van der Waals surface area contributed by atoms with Crippen LogP contribution in [0.5, 0.6) is 0 Å². The van der Waals surface area contributed by atoms with Crippen molar-refractivity contribution in [1.82, 2.24) is 0 Å².